The Kier molecular flexibility index (Phi) is 4.30. The number of aromatic nitrogens is 1. The summed E-state index contributed by atoms with van der Waals surface area (Å²) in [6.07, 6.45) is -5.27. The average molecular weight is 418 g/mol. The van der Waals surface area contributed by atoms with Crippen LogP contribution >= 0.6 is 11.6 Å². The van der Waals surface area contributed by atoms with Crippen molar-refractivity contribution < 1.29 is 32.6 Å². The number of rotatable bonds is 5. The second-order valence-electron chi connectivity index (χ2n) is 5.92. The molecule has 0 aliphatic carbocycles. The van der Waals surface area contributed by atoms with Gasteiger partial charge in [0.15, 0.2) is 0 Å². The first-order chi connectivity index (χ1) is 14.7. The molecule has 0 fully saturated rings. The van der Waals surface area contributed by atoms with Gasteiger partial charge in [-0.05, 0) is 42.0 Å². The zero-order valence-corrected chi connectivity index (χ0v) is 15.2. The smallest absolute Gasteiger partial charge is 0.416 e. The Morgan fingerprint density at radius 2 is 1.96 bits per heavy atom. The maximum Gasteiger partial charge on any atom is 0.416 e. The summed E-state index contributed by atoms with van der Waals surface area (Å²) >= 11 is 5.71. The molecule has 148 valence electrons. The molecule has 3 rings (SSSR count). The molecule has 3 nitrogen and oxygen atoms in total. The maximum absolute atomic E-state index is 14.2. The highest BCUT2D eigenvalue weighted by Crippen LogP contribution is 2.35. The number of hydrogen-bond acceptors (Lipinski definition) is 2. The van der Waals surface area contributed by atoms with Crippen LogP contribution in [0, 0.1) is 0 Å². The van der Waals surface area contributed by atoms with Gasteiger partial charge in [0.2, 0.25) is 0 Å². The molecule has 3 aromatic rings. The van der Waals surface area contributed by atoms with Gasteiger partial charge in [0.05, 0.1) is 30.2 Å². The van der Waals surface area contributed by atoms with E-state index in [4.69, 9.17) is 17.1 Å². The quantitative estimate of drug-likeness (QED) is 0.396. The normalized spacial score (nSPS) is 14.9. The Balaban J connectivity index is 2.27. The molecular weight excluding hydrogens is 398 g/mol. The summed E-state index contributed by atoms with van der Waals surface area (Å²) in [6, 6.07) is 8.17. The van der Waals surface area contributed by atoms with Crippen LogP contribution in [0.4, 0.5) is 17.6 Å². The topological polar surface area (TPSA) is 31.2 Å². The SMILES string of the molecule is [2H]C([2H])(F)C([2H])([2H])n1c(Cc2ccc(Cl)cc2C(F)(F)F)cc2cc(C(=O)OC)ccc21. The number of halogens is 5. The van der Waals surface area contributed by atoms with Gasteiger partial charge < -0.3 is 9.30 Å². The number of methoxy groups -OCH3 is 1. The number of alkyl halides is 4. The first kappa shape index (κ1) is 15.4. The first-order valence-electron chi connectivity index (χ1n) is 9.94. The molecule has 1 heterocycles. The van der Waals surface area contributed by atoms with Crippen molar-refractivity contribution in [3.63, 3.8) is 0 Å². The molecule has 8 heteroatoms. The van der Waals surface area contributed by atoms with E-state index in [2.05, 4.69) is 4.74 Å². The van der Waals surface area contributed by atoms with Crippen molar-refractivity contribution in [2.24, 2.45) is 0 Å². The highest BCUT2D eigenvalue weighted by molar-refractivity contribution is 6.30. The van der Waals surface area contributed by atoms with Gasteiger partial charge in [0.1, 0.15) is 6.63 Å². The Labute approximate surface area is 169 Å². The molecule has 0 N–H and O–H groups in total. The van der Waals surface area contributed by atoms with Crippen molar-refractivity contribution in [3.05, 3.63) is 69.9 Å². The Bertz CT molecular complexity index is 1190. The predicted molar refractivity (Wildman–Crippen MR) is 98.5 cm³/mol. The zero-order valence-electron chi connectivity index (χ0n) is 18.4. The van der Waals surface area contributed by atoms with E-state index in [0.717, 1.165) is 19.2 Å². The lowest BCUT2D eigenvalue weighted by atomic mass is 10.0. The Morgan fingerprint density at radius 1 is 1.21 bits per heavy atom. The second kappa shape index (κ2) is 7.83. The van der Waals surface area contributed by atoms with Gasteiger partial charge in [-0.15, -0.1) is 0 Å². The van der Waals surface area contributed by atoms with Crippen molar-refractivity contribution in [2.75, 3.05) is 13.7 Å². The zero-order chi connectivity index (χ0) is 24.1. The molecular formula is C20H16ClF4NO2. The van der Waals surface area contributed by atoms with E-state index in [-0.39, 0.29) is 32.7 Å². The summed E-state index contributed by atoms with van der Waals surface area (Å²) in [7, 11) is 1.15. The van der Waals surface area contributed by atoms with Crippen molar-refractivity contribution in [3.8, 4) is 0 Å². The molecule has 0 radical (unpaired) electrons. The molecule has 0 saturated heterocycles. The molecule has 0 saturated carbocycles. The fraction of sp³-hybridized carbons (Fsp3) is 0.250. The molecule has 28 heavy (non-hydrogen) atoms. The van der Waals surface area contributed by atoms with Gasteiger partial charge in [0.25, 0.3) is 0 Å². The fourth-order valence-electron chi connectivity index (χ4n) is 2.98. The van der Waals surface area contributed by atoms with Crippen LogP contribution in [0.25, 0.3) is 10.9 Å². The number of carbonyl (C=O) groups excluding carboxylic acids is 1. The molecule has 2 aromatic carbocycles. The number of hydrogen-bond donors (Lipinski definition) is 0. The van der Waals surface area contributed by atoms with E-state index in [9.17, 15) is 22.4 Å². The molecule has 0 spiro atoms. The van der Waals surface area contributed by atoms with Crippen molar-refractivity contribution >= 4 is 28.5 Å². The van der Waals surface area contributed by atoms with Gasteiger partial charge in [-0.2, -0.15) is 13.2 Å². The van der Waals surface area contributed by atoms with Gasteiger partial charge in [0, 0.05) is 28.0 Å². The minimum Gasteiger partial charge on any atom is -0.465 e. The van der Waals surface area contributed by atoms with Gasteiger partial charge in [-0.25, -0.2) is 9.18 Å². The third kappa shape index (κ3) is 3.99. The summed E-state index contributed by atoms with van der Waals surface area (Å²) in [5, 5.41) is 0.0401. The van der Waals surface area contributed by atoms with E-state index < -0.39 is 37.3 Å². The molecule has 0 unspecified atom stereocenters. The van der Waals surface area contributed by atoms with Crippen LogP contribution in [0.3, 0.4) is 0 Å². The van der Waals surface area contributed by atoms with Crippen molar-refractivity contribution in [1.82, 2.24) is 4.57 Å². The maximum atomic E-state index is 14.2. The Morgan fingerprint density at radius 3 is 2.61 bits per heavy atom. The fourth-order valence-corrected chi connectivity index (χ4v) is 3.16. The molecule has 0 bridgehead atoms. The predicted octanol–water partition coefficient (Wildman–Crippen LogP) is 5.66. The highest BCUT2D eigenvalue weighted by atomic mass is 35.5. The average Bonchev–Trinajstić information content (AvgIpc) is 3.04. The van der Waals surface area contributed by atoms with E-state index in [1.165, 1.54) is 30.3 Å². The number of ether oxygens (including phenoxy) is 1. The minimum atomic E-state index is -4.76. The van der Waals surface area contributed by atoms with E-state index in [0.29, 0.717) is 4.57 Å². The van der Waals surface area contributed by atoms with Crippen LogP contribution in [0.5, 0.6) is 0 Å². The summed E-state index contributed by atoms with van der Waals surface area (Å²) < 4.78 is 90.8. The summed E-state index contributed by atoms with van der Waals surface area (Å²) in [5.74, 6) is -0.706. The van der Waals surface area contributed by atoms with Crippen molar-refractivity contribution in [1.29, 1.82) is 0 Å². The Hall–Kier alpha value is -2.54. The van der Waals surface area contributed by atoms with Crippen LogP contribution < -0.4 is 0 Å². The molecule has 0 aliphatic rings. The first-order valence-corrected chi connectivity index (χ1v) is 8.32. The number of benzene rings is 2. The molecule has 1 aromatic heterocycles. The number of nitrogens with zero attached hydrogens (tertiary/aromatic N) is 1. The molecule has 0 aliphatic heterocycles. The third-order valence-corrected chi connectivity index (χ3v) is 4.44. The largest absolute Gasteiger partial charge is 0.465 e. The van der Waals surface area contributed by atoms with Gasteiger partial charge in [-0.1, -0.05) is 17.7 Å². The van der Waals surface area contributed by atoms with Crippen LogP contribution in [0.2, 0.25) is 5.02 Å². The van der Waals surface area contributed by atoms with E-state index >= 15 is 0 Å². The summed E-state index contributed by atoms with van der Waals surface area (Å²) in [4.78, 5) is 11.8. The minimum absolute atomic E-state index is 0.0123. The van der Waals surface area contributed by atoms with E-state index in [1.54, 1.807) is 0 Å². The van der Waals surface area contributed by atoms with E-state index in [1.807, 2.05) is 0 Å². The highest BCUT2D eigenvalue weighted by Gasteiger charge is 2.33. The monoisotopic (exact) mass is 417 g/mol. The molecule has 0 atom stereocenters. The van der Waals surface area contributed by atoms with Crippen molar-refractivity contribution in [2.45, 2.75) is 19.1 Å². The third-order valence-electron chi connectivity index (χ3n) is 4.20. The van der Waals surface area contributed by atoms with Crippen LogP contribution in [0.1, 0.15) is 32.7 Å². The van der Waals surface area contributed by atoms with Crippen LogP contribution in [-0.2, 0) is 23.8 Å². The second-order valence-corrected chi connectivity index (χ2v) is 6.35. The number of aryl methyl sites for hydroxylation is 1. The number of carbonyl (C=O) groups is 1. The van der Waals surface area contributed by atoms with Gasteiger partial charge in [-0.3, -0.25) is 0 Å². The number of esters is 1. The lowest BCUT2D eigenvalue weighted by molar-refractivity contribution is -0.138. The molecule has 0 amide bonds. The standard InChI is InChI=1S/C20H16ClF4NO2/c1-28-19(27)13-3-5-18-14(8-13)10-16(26(18)7-6-22)9-12-2-4-15(21)11-17(12)20(23,24)25/h2-5,8,10-11H,6-7,9H2,1H3/i6D2,7D2. The lowest BCUT2D eigenvalue weighted by Gasteiger charge is -2.15. The van der Waals surface area contributed by atoms with Crippen LogP contribution in [-0.4, -0.2) is 24.3 Å². The number of fused-ring (bicyclic) bond motifs is 1. The summed E-state index contributed by atoms with van der Waals surface area (Å²) in [5.41, 5.74) is -1.40. The summed E-state index contributed by atoms with van der Waals surface area (Å²) in [6.45, 7) is -7.15. The lowest BCUT2D eigenvalue weighted by Crippen LogP contribution is -2.11. The van der Waals surface area contributed by atoms with Gasteiger partial charge >= 0.3 is 12.1 Å². The van der Waals surface area contributed by atoms with Crippen LogP contribution in [0.15, 0.2) is 42.5 Å².